The number of benzene rings is 2. The molecule has 0 radical (unpaired) electrons. The van der Waals surface area contributed by atoms with E-state index in [1.54, 1.807) is 12.1 Å². The van der Waals surface area contributed by atoms with E-state index in [1.807, 2.05) is 12.1 Å². The van der Waals surface area contributed by atoms with E-state index in [1.165, 1.54) is 12.0 Å². The van der Waals surface area contributed by atoms with Crippen molar-refractivity contribution >= 4 is 17.7 Å². The summed E-state index contributed by atoms with van der Waals surface area (Å²) in [6.07, 6.45) is 8.50. The third-order valence-electron chi connectivity index (χ3n) is 11.0. The van der Waals surface area contributed by atoms with Crippen molar-refractivity contribution in [1.82, 2.24) is 20.0 Å². The Morgan fingerprint density at radius 2 is 1.67 bits per heavy atom. The SMILES string of the molecule is CC1CC1N(C(=O)NCc1ccc(N=O)cc1)C1CCN(C[C@H]2CN([C@@H](C(=O)O)C3CCCCC3)C[C@@H]2c2ccccc2)CC1. The Morgan fingerprint density at radius 3 is 2.29 bits per heavy atom. The summed E-state index contributed by atoms with van der Waals surface area (Å²) in [5.41, 5.74) is 2.65. The highest BCUT2D eigenvalue weighted by atomic mass is 16.4. The number of likely N-dealkylation sites (tertiary alicyclic amines) is 2. The molecule has 0 bridgehead atoms. The molecule has 9 heteroatoms. The van der Waals surface area contributed by atoms with Crippen molar-refractivity contribution in [1.29, 1.82) is 0 Å². The molecule has 242 valence electrons. The van der Waals surface area contributed by atoms with E-state index in [9.17, 15) is 19.6 Å². The quantitative estimate of drug-likeness (QED) is 0.291. The van der Waals surface area contributed by atoms with Crippen LogP contribution in [-0.4, -0.2) is 82.7 Å². The topological polar surface area (TPSA) is 106 Å². The maximum absolute atomic E-state index is 13.5. The van der Waals surface area contributed by atoms with Crippen LogP contribution in [0.3, 0.4) is 0 Å². The first-order valence-corrected chi connectivity index (χ1v) is 17.1. The highest BCUT2D eigenvalue weighted by Gasteiger charge is 2.46. The average molecular weight is 616 g/mol. The fourth-order valence-corrected chi connectivity index (χ4v) is 8.43. The molecule has 2 saturated heterocycles. The van der Waals surface area contributed by atoms with Crippen molar-refractivity contribution in [3.8, 4) is 0 Å². The van der Waals surface area contributed by atoms with E-state index in [0.29, 0.717) is 36.0 Å². The van der Waals surface area contributed by atoms with Crippen molar-refractivity contribution in [2.75, 3.05) is 32.7 Å². The molecule has 4 fully saturated rings. The van der Waals surface area contributed by atoms with Crippen molar-refractivity contribution in [2.24, 2.45) is 22.9 Å². The number of hydrogen-bond acceptors (Lipinski definition) is 6. The van der Waals surface area contributed by atoms with Crippen molar-refractivity contribution < 1.29 is 14.7 Å². The number of nitroso groups, excluding NO2 is 1. The largest absolute Gasteiger partial charge is 0.480 e. The van der Waals surface area contributed by atoms with E-state index in [4.69, 9.17) is 0 Å². The molecule has 6 rings (SSSR count). The van der Waals surface area contributed by atoms with Crippen LogP contribution >= 0.6 is 0 Å². The predicted octanol–water partition coefficient (Wildman–Crippen LogP) is 6.22. The van der Waals surface area contributed by atoms with E-state index in [0.717, 1.165) is 83.2 Å². The van der Waals surface area contributed by atoms with Gasteiger partial charge in [0.05, 0.1) is 0 Å². The van der Waals surface area contributed by atoms with Gasteiger partial charge in [-0.1, -0.05) is 68.7 Å². The number of aliphatic carboxylic acids is 1. The number of amides is 2. The lowest BCUT2D eigenvalue weighted by atomic mass is 9.83. The van der Waals surface area contributed by atoms with Gasteiger partial charge in [0, 0.05) is 57.3 Å². The van der Waals surface area contributed by atoms with Crippen LogP contribution in [0.25, 0.3) is 0 Å². The van der Waals surface area contributed by atoms with Gasteiger partial charge in [0.25, 0.3) is 0 Å². The summed E-state index contributed by atoms with van der Waals surface area (Å²) in [6, 6.07) is 17.8. The molecule has 2 aliphatic carbocycles. The Hall–Kier alpha value is -3.30. The van der Waals surface area contributed by atoms with Gasteiger partial charge in [-0.05, 0) is 78.3 Å². The number of carbonyl (C=O) groups is 2. The van der Waals surface area contributed by atoms with Crippen LogP contribution in [0.1, 0.15) is 75.3 Å². The molecule has 0 spiro atoms. The molecule has 9 nitrogen and oxygen atoms in total. The minimum atomic E-state index is -0.655. The summed E-state index contributed by atoms with van der Waals surface area (Å²) in [5, 5.41) is 16.5. The first kappa shape index (κ1) is 31.7. The number of nitrogens with zero attached hydrogens (tertiary/aromatic N) is 4. The van der Waals surface area contributed by atoms with Crippen LogP contribution < -0.4 is 5.32 Å². The van der Waals surface area contributed by atoms with Crippen LogP contribution in [-0.2, 0) is 11.3 Å². The molecule has 2 heterocycles. The summed E-state index contributed by atoms with van der Waals surface area (Å²) < 4.78 is 0. The molecule has 2 unspecified atom stereocenters. The lowest BCUT2D eigenvalue weighted by Gasteiger charge is -2.40. The Morgan fingerprint density at radius 1 is 0.978 bits per heavy atom. The van der Waals surface area contributed by atoms with Crippen LogP contribution in [0, 0.1) is 22.7 Å². The number of rotatable bonds is 11. The van der Waals surface area contributed by atoms with Gasteiger partial charge in [0.1, 0.15) is 11.7 Å². The van der Waals surface area contributed by atoms with Gasteiger partial charge in [-0.25, -0.2) is 4.79 Å². The molecule has 2 aromatic rings. The maximum Gasteiger partial charge on any atom is 0.321 e. The van der Waals surface area contributed by atoms with Gasteiger partial charge in [0.15, 0.2) is 0 Å². The van der Waals surface area contributed by atoms with Gasteiger partial charge >= 0.3 is 12.0 Å². The third kappa shape index (κ3) is 7.58. The van der Waals surface area contributed by atoms with Gasteiger partial charge in [-0.2, -0.15) is 0 Å². The molecule has 2 aliphatic heterocycles. The summed E-state index contributed by atoms with van der Waals surface area (Å²) in [4.78, 5) is 43.8. The Kier molecular flexibility index (Phi) is 10.1. The Balaban J connectivity index is 1.08. The third-order valence-corrected chi connectivity index (χ3v) is 11.0. The number of carbonyl (C=O) groups excluding carboxylic acids is 1. The zero-order valence-electron chi connectivity index (χ0n) is 26.6. The number of piperidine rings is 1. The maximum atomic E-state index is 13.5. The fraction of sp³-hybridized carbons (Fsp3) is 0.611. The Bertz CT molecular complexity index is 1290. The molecule has 2 aromatic carbocycles. The molecule has 5 atom stereocenters. The molecule has 0 aromatic heterocycles. The van der Waals surface area contributed by atoms with E-state index in [-0.39, 0.29) is 24.0 Å². The van der Waals surface area contributed by atoms with Crippen molar-refractivity contribution in [2.45, 2.75) is 88.9 Å². The highest BCUT2D eigenvalue weighted by Crippen LogP contribution is 2.40. The number of carboxylic acids is 1. The number of carboxylic acid groups (broad SMARTS) is 1. The second-order valence-corrected chi connectivity index (χ2v) is 14.0. The van der Waals surface area contributed by atoms with E-state index in [2.05, 4.69) is 62.4 Å². The normalized spacial score (nSPS) is 27.1. The van der Waals surface area contributed by atoms with Crippen LogP contribution in [0.2, 0.25) is 0 Å². The molecule has 4 aliphatic rings. The number of nitrogens with one attached hydrogen (secondary N) is 1. The molecule has 2 amide bonds. The lowest BCUT2D eigenvalue weighted by molar-refractivity contribution is -0.145. The summed E-state index contributed by atoms with van der Waals surface area (Å²) >= 11 is 0. The van der Waals surface area contributed by atoms with Crippen molar-refractivity contribution in [3.63, 3.8) is 0 Å². The molecular formula is C36H49N5O4. The zero-order valence-corrected chi connectivity index (χ0v) is 26.6. The first-order chi connectivity index (χ1) is 21.9. The monoisotopic (exact) mass is 615 g/mol. The van der Waals surface area contributed by atoms with E-state index >= 15 is 0 Å². The van der Waals surface area contributed by atoms with Crippen LogP contribution in [0.4, 0.5) is 10.5 Å². The minimum Gasteiger partial charge on any atom is -0.480 e. The Labute approximate surface area is 267 Å². The minimum absolute atomic E-state index is 0.00149. The zero-order chi connectivity index (χ0) is 31.3. The number of hydrogen-bond donors (Lipinski definition) is 2. The standard InChI is InChI=1S/C36H49N5O4/c1-25-20-33(25)41(36(44)37-21-26-12-14-30(38-45)15-13-26)31-16-18-39(19-17-31)22-29-23-40(24-32(29)27-8-4-2-5-9-27)34(35(42)43)28-10-6-3-7-11-28/h2,4-5,8-9,12-15,25,28-29,31-34H,3,6-7,10-11,16-24H2,1H3,(H,37,44)(H,42,43)/t25?,29-,32+,33?,34+/m0/s1. The number of urea groups is 1. The van der Waals surface area contributed by atoms with Gasteiger partial charge < -0.3 is 20.2 Å². The predicted molar refractivity (Wildman–Crippen MR) is 175 cm³/mol. The summed E-state index contributed by atoms with van der Waals surface area (Å²) in [7, 11) is 0. The van der Waals surface area contributed by atoms with Gasteiger partial charge in [-0.15, -0.1) is 4.91 Å². The summed E-state index contributed by atoms with van der Waals surface area (Å²) in [5.74, 6) is 0.808. The molecular weight excluding hydrogens is 566 g/mol. The second kappa shape index (κ2) is 14.4. The fourth-order valence-electron chi connectivity index (χ4n) is 8.43. The average Bonchev–Trinajstić information content (AvgIpc) is 3.64. The van der Waals surface area contributed by atoms with Crippen LogP contribution in [0.5, 0.6) is 0 Å². The van der Waals surface area contributed by atoms with Gasteiger partial charge in [-0.3, -0.25) is 9.69 Å². The molecule has 45 heavy (non-hydrogen) atoms. The van der Waals surface area contributed by atoms with Crippen LogP contribution in [0.15, 0.2) is 59.8 Å². The van der Waals surface area contributed by atoms with Crippen molar-refractivity contribution in [3.05, 3.63) is 70.6 Å². The second-order valence-electron chi connectivity index (χ2n) is 14.0. The summed E-state index contributed by atoms with van der Waals surface area (Å²) in [6.45, 7) is 7.12. The van der Waals surface area contributed by atoms with E-state index < -0.39 is 5.97 Å². The lowest BCUT2D eigenvalue weighted by Crippen LogP contribution is -2.52. The molecule has 2 N–H and O–H groups in total. The molecule has 2 saturated carbocycles. The van der Waals surface area contributed by atoms with Gasteiger partial charge in [0.2, 0.25) is 0 Å². The first-order valence-electron chi connectivity index (χ1n) is 17.1. The smallest absolute Gasteiger partial charge is 0.321 e. The highest BCUT2D eigenvalue weighted by molar-refractivity contribution is 5.75.